The van der Waals surface area contributed by atoms with Crippen molar-refractivity contribution in [1.82, 2.24) is 15.0 Å². The predicted octanol–water partition coefficient (Wildman–Crippen LogP) is 5.02. The number of nitrogens with zero attached hydrogens (tertiary/aromatic N) is 4. The number of hydrogen-bond acceptors (Lipinski definition) is 7. The Kier molecular flexibility index (Phi) is 6.38. The highest BCUT2D eigenvalue weighted by Gasteiger charge is 2.47. The Bertz CT molecular complexity index is 993. The summed E-state index contributed by atoms with van der Waals surface area (Å²) in [5, 5.41) is 6.40. The smallest absolute Gasteiger partial charge is 0.416 e. The van der Waals surface area contributed by atoms with Crippen LogP contribution in [0.5, 0.6) is 0 Å². The molecule has 3 aromatic rings. The summed E-state index contributed by atoms with van der Waals surface area (Å²) in [4.78, 5) is 27.2. The van der Waals surface area contributed by atoms with Gasteiger partial charge in [0.25, 0.3) is 0 Å². The predicted molar refractivity (Wildman–Crippen MR) is 124 cm³/mol. The SMILES string of the molecule is Cl.O=C1OC2(CCC(CNc3ccc(-c4nccs4)cn3)CC2)CN1c1ccccn1. The molecule has 31 heavy (non-hydrogen) atoms. The second kappa shape index (κ2) is 9.20. The first-order valence-corrected chi connectivity index (χ1v) is 11.1. The molecule has 1 saturated heterocycles. The van der Waals surface area contributed by atoms with E-state index in [1.165, 1.54) is 0 Å². The lowest BCUT2D eigenvalue weighted by Gasteiger charge is -2.35. The third-order valence-corrected chi connectivity index (χ3v) is 6.75. The highest BCUT2D eigenvalue weighted by Crippen LogP contribution is 2.40. The van der Waals surface area contributed by atoms with Gasteiger partial charge < -0.3 is 10.1 Å². The van der Waals surface area contributed by atoms with Gasteiger partial charge in [0.1, 0.15) is 22.2 Å². The van der Waals surface area contributed by atoms with Gasteiger partial charge in [0, 0.05) is 36.1 Å². The molecule has 1 aliphatic carbocycles. The zero-order chi connectivity index (χ0) is 20.4. The van der Waals surface area contributed by atoms with Crippen LogP contribution in [-0.2, 0) is 4.74 Å². The van der Waals surface area contributed by atoms with Crippen LogP contribution in [0.15, 0.2) is 54.3 Å². The van der Waals surface area contributed by atoms with E-state index in [9.17, 15) is 4.79 Å². The second-order valence-electron chi connectivity index (χ2n) is 7.92. The Morgan fingerprint density at radius 3 is 2.68 bits per heavy atom. The van der Waals surface area contributed by atoms with Crippen LogP contribution < -0.4 is 10.2 Å². The largest absolute Gasteiger partial charge is 0.441 e. The first kappa shape index (κ1) is 21.5. The molecule has 2 fully saturated rings. The number of hydrogen-bond donors (Lipinski definition) is 1. The average molecular weight is 458 g/mol. The highest BCUT2D eigenvalue weighted by atomic mass is 35.5. The number of carbonyl (C=O) groups excluding carboxylic acids is 1. The summed E-state index contributed by atoms with van der Waals surface area (Å²) < 4.78 is 5.83. The van der Waals surface area contributed by atoms with Gasteiger partial charge in [0.15, 0.2) is 0 Å². The Morgan fingerprint density at radius 2 is 2.00 bits per heavy atom. The molecule has 1 aliphatic heterocycles. The summed E-state index contributed by atoms with van der Waals surface area (Å²) in [7, 11) is 0. The Morgan fingerprint density at radius 1 is 1.13 bits per heavy atom. The molecular weight excluding hydrogens is 434 g/mol. The van der Waals surface area contributed by atoms with E-state index >= 15 is 0 Å². The van der Waals surface area contributed by atoms with Gasteiger partial charge in [-0.15, -0.1) is 23.7 Å². The molecule has 0 radical (unpaired) electrons. The molecule has 0 unspecified atom stereocenters. The molecule has 1 spiro atoms. The van der Waals surface area contributed by atoms with Crippen LogP contribution in [0.4, 0.5) is 16.4 Å². The third-order valence-electron chi connectivity index (χ3n) is 5.93. The summed E-state index contributed by atoms with van der Waals surface area (Å²) in [6.07, 6.45) is 8.89. The van der Waals surface area contributed by atoms with Gasteiger partial charge in [-0.25, -0.2) is 19.7 Å². The first-order chi connectivity index (χ1) is 14.7. The van der Waals surface area contributed by atoms with Crippen molar-refractivity contribution in [2.24, 2.45) is 5.92 Å². The number of thiazole rings is 1. The number of pyridine rings is 2. The van der Waals surface area contributed by atoms with Crippen molar-refractivity contribution in [3.05, 3.63) is 54.3 Å². The highest BCUT2D eigenvalue weighted by molar-refractivity contribution is 7.13. The molecule has 4 heterocycles. The fraction of sp³-hybridized carbons (Fsp3) is 0.364. The number of halogens is 1. The maximum absolute atomic E-state index is 12.4. The maximum atomic E-state index is 12.4. The van der Waals surface area contributed by atoms with Gasteiger partial charge in [-0.3, -0.25) is 4.90 Å². The fourth-order valence-electron chi connectivity index (χ4n) is 4.22. The number of nitrogens with one attached hydrogen (secondary N) is 1. The molecule has 2 aliphatic rings. The third kappa shape index (κ3) is 4.65. The number of amides is 1. The summed E-state index contributed by atoms with van der Waals surface area (Å²) in [5.74, 6) is 2.08. The van der Waals surface area contributed by atoms with Crippen molar-refractivity contribution in [1.29, 1.82) is 0 Å². The molecule has 0 bridgehead atoms. The molecule has 5 rings (SSSR count). The van der Waals surface area contributed by atoms with Crippen LogP contribution in [0.3, 0.4) is 0 Å². The van der Waals surface area contributed by atoms with Crippen molar-refractivity contribution in [3.63, 3.8) is 0 Å². The summed E-state index contributed by atoms with van der Waals surface area (Å²) >= 11 is 1.61. The maximum Gasteiger partial charge on any atom is 0.416 e. The minimum Gasteiger partial charge on any atom is -0.441 e. The molecule has 9 heteroatoms. The number of carbonyl (C=O) groups is 1. The van der Waals surface area contributed by atoms with E-state index in [4.69, 9.17) is 4.74 Å². The molecule has 162 valence electrons. The molecule has 1 N–H and O–H groups in total. The Labute approximate surface area is 191 Å². The van der Waals surface area contributed by atoms with Crippen molar-refractivity contribution in [2.45, 2.75) is 31.3 Å². The van der Waals surface area contributed by atoms with Crippen molar-refractivity contribution < 1.29 is 9.53 Å². The molecular formula is C22H24ClN5O2S. The van der Waals surface area contributed by atoms with E-state index in [1.54, 1.807) is 28.6 Å². The standard InChI is InChI=1S/C22H23N5O2S.ClH/c28-21-27(19-3-1-2-10-23-19)15-22(29-21)8-6-16(7-9-22)13-25-18-5-4-17(14-26-18)20-24-11-12-30-20;/h1-5,10-12,14,16H,6-9,13,15H2,(H,25,26);1H. The molecule has 0 aromatic carbocycles. The van der Waals surface area contributed by atoms with E-state index in [0.717, 1.165) is 48.6 Å². The van der Waals surface area contributed by atoms with Crippen LogP contribution >= 0.6 is 23.7 Å². The van der Waals surface area contributed by atoms with Crippen LogP contribution in [-0.4, -0.2) is 39.7 Å². The Hall–Kier alpha value is -2.71. The zero-order valence-electron chi connectivity index (χ0n) is 16.9. The fourth-order valence-corrected chi connectivity index (χ4v) is 4.85. The number of aromatic nitrogens is 3. The summed E-state index contributed by atoms with van der Waals surface area (Å²) in [6, 6.07) is 9.64. The van der Waals surface area contributed by atoms with E-state index in [2.05, 4.69) is 20.3 Å². The van der Waals surface area contributed by atoms with E-state index in [0.29, 0.717) is 18.3 Å². The lowest BCUT2D eigenvalue weighted by molar-refractivity contribution is 0.0148. The van der Waals surface area contributed by atoms with Gasteiger partial charge >= 0.3 is 6.09 Å². The van der Waals surface area contributed by atoms with E-state index < -0.39 is 0 Å². The quantitative estimate of drug-likeness (QED) is 0.579. The number of ether oxygens (including phenoxy) is 1. The average Bonchev–Trinajstić information content (AvgIpc) is 3.43. The van der Waals surface area contributed by atoms with Crippen LogP contribution in [0, 0.1) is 5.92 Å². The molecule has 1 saturated carbocycles. The monoisotopic (exact) mass is 457 g/mol. The minimum absolute atomic E-state index is 0. The molecule has 3 aromatic heterocycles. The summed E-state index contributed by atoms with van der Waals surface area (Å²) in [5.41, 5.74) is 0.661. The molecule has 0 atom stereocenters. The van der Waals surface area contributed by atoms with E-state index in [-0.39, 0.29) is 24.1 Å². The number of anilines is 2. The topological polar surface area (TPSA) is 80.2 Å². The zero-order valence-corrected chi connectivity index (χ0v) is 18.6. The summed E-state index contributed by atoms with van der Waals surface area (Å²) in [6.45, 7) is 1.46. The van der Waals surface area contributed by atoms with Gasteiger partial charge in [-0.1, -0.05) is 6.07 Å². The minimum atomic E-state index is -0.376. The van der Waals surface area contributed by atoms with Crippen LogP contribution in [0.25, 0.3) is 10.6 Å². The Balaban J connectivity index is 0.00000231. The van der Waals surface area contributed by atoms with Gasteiger partial charge in [-0.05, 0) is 55.9 Å². The lowest BCUT2D eigenvalue weighted by Crippen LogP contribution is -2.39. The van der Waals surface area contributed by atoms with Gasteiger partial charge in [-0.2, -0.15) is 0 Å². The van der Waals surface area contributed by atoms with Crippen LogP contribution in [0.1, 0.15) is 25.7 Å². The van der Waals surface area contributed by atoms with Crippen LogP contribution in [0.2, 0.25) is 0 Å². The van der Waals surface area contributed by atoms with Crippen molar-refractivity contribution in [3.8, 4) is 10.6 Å². The van der Waals surface area contributed by atoms with Gasteiger partial charge in [0.2, 0.25) is 0 Å². The lowest BCUT2D eigenvalue weighted by atomic mass is 9.78. The normalized spacial score (nSPS) is 22.8. The molecule has 1 amide bonds. The van der Waals surface area contributed by atoms with E-state index in [1.807, 2.05) is 41.9 Å². The second-order valence-corrected chi connectivity index (χ2v) is 8.81. The molecule has 7 nitrogen and oxygen atoms in total. The van der Waals surface area contributed by atoms with Gasteiger partial charge in [0.05, 0.1) is 6.54 Å². The number of rotatable bonds is 5. The van der Waals surface area contributed by atoms with Crippen molar-refractivity contribution in [2.75, 3.05) is 23.3 Å². The van der Waals surface area contributed by atoms with Crippen molar-refractivity contribution >= 4 is 41.5 Å². The first-order valence-electron chi connectivity index (χ1n) is 10.2.